The predicted molar refractivity (Wildman–Crippen MR) is 78.4 cm³/mol. The van der Waals surface area contributed by atoms with Crippen molar-refractivity contribution in [2.45, 2.75) is 11.3 Å². The molecule has 9 heteroatoms. The SMILES string of the molecule is O=S1(=O)CCC(CNS(=O)(=O)c2cc(Cl)ccc2Cl)C1. The lowest BCUT2D eigenvalue weighted by atomic mass is 10.1. The third-order valence-corrected chi connectivity index (χ3v) is 7.05. The zero-order chi connectivity index (χ0) is 15.0. The summed E-state index contributed by atoms with van der Waals surface area (Å²) in [5.41, 5.74) is 0. The Hall–Kier alpha value is -0.340. The number of hydrogen-bond acceptors (Lipinski definition) is 4. The van der Waals surface area contributed by atoms with E-state index in [2.05, 4.69) is 4.72 Å². The van der Waals surface area contributed by atoms with Gasteiger partial charge in [-0.25, -0.2) is 21.6 Å². The van der Waals surface area contributed by atoms with Crippen molar-refractivity contribution in [2.75, 3.05) is 18.1 Å². The molecule has 1 atom stereocenters. The highest BCUT2D eigenvalue weighted by Crippen LogP contribution is 2.25. The van der Waals surface area contributed by atoms with Crippen molar-refractivity contribution >= 4 is 43.1 Å². The van der Waals surface area contributed by atoms with Gasteiger partial charge in [-0.3, -0.25) is 0 Å². The molecule has 1 unspecified atom stereocenters. The number of rotatable bonds is 4. The number of sulfone groups is 1. The molecule has 0 spiro atoms. The molecule has 5 nitrogen and oxygen atoms in total. The molecule has 20 heavy (non-hydrogen) atoms. The van der Waals surface area contributed by atoms with Crippen LogP contribution in [0, 0.1) is 5.92 Å². The third kappa shape index (κ3) is 3.85. The Morgan fingerprint density at radius 2 is 2.00 bits per heavy atom. The molecule has 1 aromatic rings. The van der Waals surface area contributed by atoms with Gasteiger partial charge in [0.05, 0.1) is 16.5 Å². The summed E-state index contributed by atoms with van der Waals surface area (Å²) in [5.74, 6) is -0.0800. The van der Waals surface area contributed by atoms with Crippen molar-refractivity contribution in [3.8, 4) is 0 Å². The molecule has 1 N–H and O–H groups in total. The van der Waals surface area contributed by atoms with E-state index >= 15 is 0 Å². The van der Waals surface area contributed by atoms with Crippen LogP contribution in [0.3, 0.4) is 0 Å². The van der Waals surface area contributed by atoms with E-state index in [0.29, 0.717) is 6.42 Å². The van der Waals surface area contributed by atoms with Gasteiger partial charge in [-0.1, -0.05) is 23.2 Å². The minimum atomic E-state index is -3.80. The molecule has 112 valence electrons. The van der Waals surface area contributed by atoms with Crippen molar-refractivity contribution < 1.29 is 16.8 Å². The van der Waals surface area contributed by atoms with E-state index in [9.17, 15) is 16.8 Å². The zero-order valence-electron chi connectivity index (χ0n) is 10.3. The van der Waals surface area contributed by atoms with Crippen LogP contribution in [0.15, 0.2) is 23.1 Å². The maximum Gasteiger partial charge on any atom is 0.242 e. The highest BCUT2D eigenvalue weighted by Gasteiger charge is 2.29. The molecule has 0 saturated carbocycles. The van der Waals surface area contributed by atoms with Crippen LogP contribution in [0.4, 0.5) is 0 Å². The summed E-state index contributed by atoms with van der Waals surface area (Å²) in [7, 11) is -6.82. The zero-order valence-corrected chi connectivity index (χ0v) is 13.5. The van der Waals surface area contributed by atoms with Crippen molar-refractivity contribution in [2.24, 2.45) is 5.92 Å². The Morgan fingerprint density at radius 1 is 1.30 bits per heavy atom. The molecular weight excluding hydrogens is 345 g/mol. The summed E-state index contributed by atoms with van der Waals surface area (Å²) >= 11 is 11.6. The van der Waals surface area contributed by atoms with E-state index < -0.39 is 19.9 Å². The van der Waals surface area contributed by atoms with Gasteiger partial charge >= 0.3 is 0 Å². The lowest BCUT2D eigenvalue weighted by Gasteiger charge is -2.11. The van der Waals surface area contributed by atoms with Gasteiger partial charge in [0.2, 0.25) is 10.0 Å². The Balaban J connectivity index is 2.10. The first-order chi connectivity index (χ1) is 9.20. The minimum absolute atomic E-state index is 0.0127. The van der Waals surface area contributed by atoms with Crippen LogP contribution in [-0.4, -0.2) is 34.9 Å². The summed E-state index contributed by atoms with van der Waals surface area (Å²) in [6.07, 6.45) is 0.466. The maximum atomic E-state index is 12.1. The van der Waals surface area contributed by atoms with Gasteiger partial charge in [0, 0.05) is 11.6 Å². The average Bonchev–Trinajstić information content (AvgIpc) is 2.70. The Morgan fingerprint density at radius 3 is 2.60 bits per heavy atom. The van der Waals surface area contributed by atoms with Crippen molar-refractivity contribution in [1.82, 2.24) is 4.72 Å². The number of benzene rings is 1. The summed E-state index contributed by atoms with van der Waals surface area (Å²) < 4.78 is 49.3. The Bertz CT molecular complexity index is 716. The lowest BCUT2D eigenvalue weighted by Crippen LogP contribution is -2.30. The smallest absolute Gasteiger partial charge is 0.229 e. The first-order valence-electron chi connectivity index (χ1n) is 5.85. The van der Waals surface area contributed by atoms with Crippen LogP contribution < -0.4 is 4.72 Å². The highest BCUT2D eigenvalue weighted by atomic mass is 35.5. The van der Waals surface area contributed by atoms with E-state index in [1.165, 1.54) is 18.2 Å². The van der Waals surface area contributed by atoms with Gasteiger partial charge in [0.1, 0.15) is 4.90 Å². The Kier molecular flexibility index (Phi) is 4.66. The minimum Gasteiger partial charge on any atom is -0.229 e. The fourth-order valence-electron chi connectivity index (χ4n) is 2.02. The van der Waals surface area contributed by atoms with Crippen molar-refractivity contribution in [3.63, 3.8) is 0 Å². The second-order valence-electron chi connectivity index (χ2n) is 4.70. The van der Waals surface area contributed by atoms with Crippen LogP contribution in [0.1, 0.15) is 6.42 Å². The summed E-state index contributed by atoms with van der Waals surface area (Å²) in [4.78, 5) is -0.104. The predicted octanol–water partition coefficient (Wildman–Crippen LogP) is 1.71. The molecule has 1 aliphatic rings. The quantitative estimate of drug-likeness (QED) is 0.889. The summed E-state index contributed by atoms with van der Waals surface area (Å²) in [6, 6.07) is 4.16. The summed E-state index contributed by atoms with van der Waals surface area (Å²) in [5, 5.41) is 0.333. The second kappa shape index (κ2) is 5.81. The van der Waals surface area contributed by atoms with Crippen LogP contribution >= 0.6 is 23.2 Å². The van der Waals surface area contributed by atoms with Crippen LogP contribution in [0.25, 0.3) is 0 Å². The number of sulfonamides is 1. The summed E-state index contributed by atoms with van der Waals surface area (Å²) in [6.45, 7) is 0.0738. The monoisotopic (exact) mass is 357 g/mol. The second-order valence-corrected chi connectivity index (χ2v) is 9.50. The molecule has 1 fully saturated rings. The fourth-order valence-corrected chi connectivity index (χ4v) is 5.76. The van der Waals surface area contributed by atoms with E-state index in [1.54, 1.807) is 0 Å². The topological polar surface area (TPSA) is 80.3 Å². The van der Waals surface area contributed by atoms with E-state index in [-0.39, 0.29) is 38.9 Å². The van der Waals surface area contributed by atoms with Gasteiger partial charge in [0.25, 0.3) is 0 Å². The number of halogens is 2. The third-order valence-electron chi connectivity index (χ3n) is 3.07. The van der Waals surface area contributed by atoms with Gasteiger partial charge in [-0.2, -0.15) is 0 Å². The molecule has 0 bridgehead atoms. The molecule has 1 aromatic carbocycles. The first-order valence-corrected chi connectivity index (χ1v) is 9.91. The number of hydrogen-bond donors (Lipinski definition) is 1. The normalized spacial score (nSPS) is 22.0. The maximum absolute atomic E-state index is 12.1. The molecule has 0 aromatic heterocycles. The largest absolute Gasteiger partial charge is 0.242 e. The van der Waals surface area contributed by atoms with E-state index in [0.717, 1.165) is 0 Å². The van der Waals surface area contributed by atoms with E-state index in [1.807, 2.05) is 0 Å². The Labute approximate surface area is 128 Å². The highest BCUT2D eigenvalue weighted by molar-refractivity contribution is 7.91. The van der Waals surface area contributed by atoms with Gasteiger partial charge in [-0.15, -0.1) is 0 Å². The lowest BCUT2D eigenvalue weighted by molar-refractivity contribution is 0.543. The number of nitrogens with one attached hydrogen (secondary N) is 1. The van der Waals surface area contributed by atoms with Crippen molar-refractivity contribution in [1.29, 1.82) is 0 Å². The molecule has 1 saturated heterocycles. The van der Waals surface area contributed by atoms with Crippen LogP contribution in [-0.2, 0) is 19.9 Å². The molecule has 0 aliphatic carbocycles. The molecule has 2 rings (SSSR count). The van der Waals surface area contributed by atoms with E-state index in [4.69, 9.17) is 23.2 Å². The molecular formula is C11H13Cl2NO4S2. The molecule has 1 aliphatic heterocycles. The standard InChI is InChI=1S/C11H13Cl2NO4S2/c12-9-1-2-10(13)11(5-9)20(17,18)14-6-8-3-4-19(15,16)7-8/h1-2,5,8,14H,3-4,6-7H2. The molecule has 0 radical (unpaired) electrons. The van der Waals surface area contributed by atoms with Gasteiger partial charge < -0.3 is 0 Å². The van der Waals surface area contributed by atoms with Crippen LogP contribution in [0.2, 0.25) is 10.0 Å². The van der Waals surface area contributed by atoms with Gasteiger partial charge in [-0.05, 0) is 30.5 Å². The first kappa shape index (κ1) is 16.0. The average molecular weight is 358 g/mol. The molecule has 1 heterocycles. The van der Waals surface area contributed by atoms with Gasteiger partial charge in [0.15, 0.2) is 9.84 Å². The van der Waals surface area contributed by atoms with Crippen molar-refractivity contribution in [3.05, 3.63) is 28.2 Å². The van der Waals surface area contributed by atoms with Crippen LogP contribution in [0.5, 0.6) is 0 Å². The molecule has 0 amide bonds. The fraction of sp³-hybridized carbons (Fsp3) is 0.455.